The van der Waals surface area contributed by atoms with E-state index in [1.165, 1.54) is 6.42 Å². The second-order valence-electron chi connectivity index (χ2n) is 5.93. The van der Waals surface area contributed by atoms with Crippen molar-refractivity contribution in [3.63, 3.8) is 0 Å². The Kier molecular flexibility index (Phi) is 5.17. The number of aliphatic hydroxyl groups excluding tert-OH is 1. The van der Waals surface area contributed by atoms with Crippen LogP contribution in [0.3, 0.4) is 0 Å². The number of nitrogens with one attached hydrogen (secondary N) is 1. The van der Waals surface area contributed by atoms with Gasteiger partial charge >= 0.3 is 0 Å². The maximum Gasteiger partial charge on any atom is 0.273 e. The van der Waals surface area contributed by atoms with E-state index in [2.05, 4.69) is 10.5 Å². The van der Waals surface area contributed by atoms with Crippen LogP contribution in [-0.2, 0) is 0 Å². The fourth-order valence-electron chi connectivity index (χ4n) is 2.70. The van der Waals surface area contributed by atoms with E-state index in [0.717, 1.165) is 31.4 Å². The van der Waals surface area contributed by atoms with Gasteiger partial charge < -0.3 is 14.9 Å². The maximum absolute atomic E-state index is 12.2. The Balaban J connectivity index is 2.01. The van der Waals surface area contributed by atoms with Crippen molar-refractivity contribution in [1.29, 1.82) is 0 Å². The molecule has 1 saturated carbocycles. The number of carbonyl (C=O) groups excluding carboxylic acids is 1. The Labute approximate surface area is 119 Å². The van der Waals surface area contributed by atoms with Crippen LogP contribution >= 0.6 is 0 Å². The van der Waals surface area contributed by atoms with Gasteiger partial charge in [0.05, 0.1) is 0 Å². The molecular weight excluding hydrogens is 256 g/mol. The molecule has 0 radical (unpaired) electrons. The molecule has 0 bridgehead atoms. The van der Waals surface area contributed by atoms with Crippen LogP contribution in [0.4, 0.5) is 0 Å². The van der Waals surface area contributed by atoms with Gasteiger partial charge in [-0.3, -0.25) is 4.79 Å². The van der Waals surface area contributed by atoms with Crippen molar-refractivity contribution in [3.05, 3.63) is 17.5 Å². The Bertz CT molecular complexity index is 442. The highest BCUT2D eigenvalue weighted by Gasteiger charge is 2.26. The summed E-state index contributed by atoms with van der Waals surface area (Å²) in [5.41, 5.74) is 0.328. The number of hydrogen-bond donors (Lipinski definition) is 2. The van der Waals surface area contributed by atoms with Crippen LogP contribution in [0.15, 0.2) is 10.6 Å². The number of aliphatic hydroxyl groups is 1. The van der Waals surface area contributed by atoms with Crippen LogP contribution in [-0.4, -0.2) is 28.8 Å². The zero-order valence-corrected chi connectivity index (χ0v) is 12.3. The van der Waals surface area contributed by atoms with Crippen molar-refractivity contribution in [2.24, 2.45) is 5.92 Å². The molecule has 0 aliphatic heterocycles. The number of rotatable bonds is 4. The summed E-state index contributed by atoms with van der Waals surface area (Å²) in [5, 5.41) is 16.3. The third-order valence-electron chi connectivity index (χ3n) is 4.04. The molecule has 1 aromatic heterocycles. The molecule has 0 spiro atoms. The van der Waals surface area contributed by atoms with E-state index >= 15 is 0 Å². The van der Waals surface area contributed by atoms with Crippen LogP contribution in [0.5, 0.6) is 0 Å². The molecule has 1 heterocycles. The fourth-order valence-corrected chi connectivity index (χ4v) is 2.70. The minimum absolute atomic E-state index is 0.0363. The summed E-state index contributed by atoms with van der Waals surface area (Å²) in [6.45, 7) is 4.12. The average Bonchev–Trinajstić information content (AvgIpc) is 2.82. The molecule has 1 aromatic rings. The second kappa shape index (κ2) is 6.88. The maximum atomic E-state index is 12.2. The van der Waals surface area contributed by atoms with Crippen LogP contribution in [0.1, 0.15) is 68.1 Å². The van der Waals surface area contributed by atoms with Crippen molar-refractivity contribution in [1.82, 2.24) is 10.5 Å². The first-order valence-electron chi connectivity index (χ1n) is 7.50. The first kappa shape index (κ1) is 15.0. The highest BCUT2D eigenvalue weighted by atomic mass is 16.5. The predicted molar refractivity (Wildman–Crippen MR) is 75.5 cm³/mol. The Morgan fingerprint density at radius 3 is 2.85 bits per heavy atom. The first-order chi connectivity index (χ1) is 9.61. The summed E-state index contributed by atoms with van der Waals surface area (Å²) in [4.78, 5) is 12.2. The fraction of sp³-hybridized carbons (Fsp3) is 0.733. The van der Waals surface area contributed by atoms with E-state index in [1.807, 2.05) is 13.8 Å². The first-order valence-corrected chi connectivity index (χ1v) is 7.50. The molecule has 1 aliphatic carbocycles. The largest absolute Gasteiger partial charge is 0.396 e. The second-order valence-corrected chi connectivity index (χ2v) is 5.93. The molecule has 20 heavy (non-hydrogen) atoms. The van der Waals surface area contributed by atoms with Crippen LogP contribution in [0, 0.1) is 5.92 Å². The predicted octanol–water partition coefficient (Wildman–Crippen LogP) is 2.47. The molecule has 112 valence electrons. The molecule has 0 aromatic carbocycles. The standard InChI is InChI=1S/C15H24N2O3/c1-10(2)14-8-13(17-20-14)15(19)16-12-7-5-3-4-6-11(12)9-18/h8,10-12,18H,3-7,9H2,1-2H3,(H,16,19)/t11-,12-/m0/s1. The minimum Gasteiger partial charge on any atom is -0.396 e. The lowest BCUT2D eigenvalue weighted by Crippen LogP contribution is -2.41. The lowest BCUT2D eigenvalue weighted by atomic mass is 9.95. The summed E-state index contributed by atoms with van der Waals surface area (Å²) in [7, 11) is 0. The Morgan fingerprint density at radius 2 is 2.20 bits per heavy atom. The number of carbonyl (C=O) groups is 1. The smallest absolute Gasteiger partial charge is 0.273 e. The van der Waals surface area contributed by atoms with Gasteiger partial charge in [-0.25, -0.2) is 0 Å². The van der Waals surface area contributed by atoms with Crippen LogP contribution < -0.4 is 5.32 Å². The molecule has 5 heteroatoms. The SMILES string of the molecule is CC(C)c1cc(C(=O)N[C@H]2CCCCC[C@H]2CO)no1. The van der Waals surface area contributed by atoms with E-state index < -0.39 is 0 Å². The highest BCUT2D eigenvalue weighted by Crippen LogP contribution is 2.23. The summed E-state index contributed by atoms with van der Waals surface area (Å²) in [5.74, 6) is 0.880. The van der Waals surface area contributed by atoms with E-state index in [4.69, 9.17) is 4.52 Å². The highest BCUT2D eigenvalue weighted by molar-refractivity contribution is 5.92. The molecule has 5 nitrogen and oxygen atoms in total. The molecule has 1 amide bonds. The van der Waals surface area contributed by atoms with Gasteiger partial charge in [-0.2, -0.15) is 0 Å². The monoisotopic (exact) mass is 280 g/mol. The third kappa shape index (κ3) is 3.60. The number of nitrogens with zero attached hydrogens (tertiary/aromatic N) is 1. The van der Waals surface area contributed by atoms with Gasteiger partial charge in [0.1, 0.15) is 5.76 Å². The van der Waals surface area contributed by atoms with Gasteiger partial charge in [-0.05, 0) is 12.8 Å². The van der Waals surface area contributed by atoms with Crippen molar-refractivity contribution in [3.8, 4) is 0 Å². The molecule has 0 saturated heterocycles. The molecule has 0 unspecified atom stereocenters. The Hall–Kier alpha value is -1.36. The van der Waals surface area contributed by atoms with Gasteiger partial charge in [0.2, 0.25) is 0 Å². The summed E-state index contributed by atoms with van der Waals surface area (Å²) in [6, 6.07) is 1.74. The average molecular weight is 280 g/mol. The van der Waals surface area contributed by atoms with Gasteiger partial charge in [0.25, 0.3) is 5.91 Å². The Morgan fingerprint density at radius 1 is 1.45 bits per heavy atom. The van der Waals surface area contributed by atoms with Crippen molar-refractivity contribution in [2.75, 3.05) is 6.61 Å². The van der Waals surface area contributed by atoms with E-state index in [9.17, 15) is 9.90 Å². The van der Waals surface area contributed by atoms with Crippen molar-refractivity contribution >= 4 is 5.91 Å². The van der Waals surface area contributed by atoms with Crippen LogP contribution in [0.25, 0.3) is 0 Å². The minimum atomic E-state index is -0.203. The van der Waals surface area contributed by atoms with E-state index in [-0.39, 0.29) is 30.4 Å². The number of amides is 1. The molecule has 1 aliphatic rings. The number of aromatic nitrogens is 1. The van der Waals surface area contributed by atoms with Gasteiger partial charge in [-0.1, -0.05) is 38.3 Å². The summed E-state index contributed by atoms with van der Waals surface area (Å²) >= 11 is 0. The normalized spacial score (nSPS) is 23.6. The van der Waals surface area contributed by atoms with Crippen LogP contribution in [0.2, 0.25) is 0 Å². The topological polar surface area (TPSA) is 75.4 Å². The summed E-state index contributed by atoms with van der Waals surface area (Å²) in [6.07, 6.45) is 5.28. The number of hydrogen-bond acceptors (Lipinski definition) is 4. The third-order valence-corrected chi connectivity index (χ3v) is 4.04. The van der Waals surface area contributed by atoms with Gasteiger partial charge in [-0.15, -0.1) is 0 Å². The van der Waals surface area contributed by atoms with E-state index in [1.54, 1.807) is 6.07 Å². The molecule has 2 rings (SSSR count). The zero-order chi connectivity index (χ0) is 14.5. The molecule has 2 atom stereocenters. The quantitative estimate of drug-likeness (QED) is 0.831. The molecule has 1 fully saturated rings. The molecule has 2 N–H and O–H groups in total. The van der Waals surface area contributed by atoms with Gasteiger partial charge in [0.15, 0.2) is 5.69 Å². The van der Waals surface area contributed by atoms with E-state index in [0.29, 0.717) is 5.69 Å². The van der Waals surface area contributed by atoms with Gasteiger partial charge in [0, 0.05) is 30.6 Å². The zero-order valence-electron chi connectivity index (χ0n) is 12.3. The molecular formula is C15H24N2O3. The lowest BCUT2D eigenvalue weighted by molar-refractivity contribution is 0.0890. The van der Waals surface area contributed by atoms with Crippen molar-refractivity contribution in [2.45, 2.75) is 57.9 Å². The summed E-state index contributed by atoms with van der Waals surface area (Å²) < 4.78 is 5.15. The lowest BCUT2D eigenvalue weighted by Gasteiger charge is -2.23. The van der Waals surface area contributed by atoms with Crippen molar-refractivity contribution < 1.29 is 14.4 Å².